The standard InChI is InChI=1S/C17H23N3O/c1-12-5-6-16(15(9-12)17(2,3)4)21-11-14-10-13(20-18)7-8-19-14/h5-10H,11,18H2,1-4H3,(H,19,20). The predicted molar refractivity (Wildman–Crippen MR) is 86.3 cm³/mol. The summed E-state index contributed by atoms with van der Waals surface area (Å²) in [7, 11) is 0. The second-order valence-corrected chi connectivity index (χ2v) is 6.22. The zero-order chi connectivity index (χ0) is 15.5. The number of hydrogen-bond acceptors (Lipinski definition) is 4. The Hall–Kier alpha value is -2.07. The van der Waals surface area contributed by atoms with Crippen molar-refractivity contribution in [2.45, 2.75) is 39.7 Å². The molecular weight excluding hydrogens is 262 g/mol. The lowest BCUT2D eigenvalue weighted by atomic mass is 9.85. The number of aromatic nitrogens is 1. The van der Waals surface area contributed by atoms with Crippen LogP contribution in [-0.4, -0.2) is 4.98 Å². The van der Waals surface area contributed by atoms with E-state index in [4.69, 9.17) is 10.6 Å². The number of benzene rings is 1. The van der Waals surface area contributed by atoms with Crippen LogP contribution in [0, 0.1) is 6.92 Å². The molecule has 1 heterocycles. The molecule has 0 unspecified atom stereocenters. The van der Waals surface area contributed by atoms with Crippen LogP contribution < -0.4 is 16.0 Å². The second-order valence-electron chi connectivity index (χ2n) is 6.22. The minimum atomic E-state index is 0.0371. The van der Waals surface area contributed by atoms with Gasteiger partial charge in [-0.1, -0.05) is 38.5 Å². The molecule has 21 heavy (non-hydrogen) atoms. The number of anilines is 1. The second kappa shape index (κ2) is 6.14. The van der Waals surface area contributed by atoms with Crippen LogP contribution in [0.3, 0.4) is 0 Å². The number of nitrogen functional groups attached to an aromatic ring is 1. The molecule has 3 N–H and O–H groups in total. The van der Waals surface area contributed by atoms with Crippen LogP contribution in [0.4, 0.5) is 5.69 Å². The van der Waals surface area contributed by atoms with Crippen LogP contribution in [-0.2, 0) is 12.0 Å². The number of rotatable bonds is 4. The van der Waals surface area contributed by atoms with Gasteiger partial charge >= 0.3 is 0 Å². The maximum absolute atomic E-state index is 5.97. The molecule has 0 aliphatic carbocycles. The Morgan fingerprint density at radius 3 is 2.62 bits per heavy atom. The van der Waals surface area contributed by atoms with Crippen LogP contribution >= 0.6 is 0 Å². The quantitative estimate of drug-likeness (QED) is 0.666. The lowest BCUT2D eigenvalue weighted by Gasteiger charge is -2.23. The number of hydrazine groups is 1. The van der Waals surface area contributed by atoms with Gasteiger partial charge in [-0.15, -0.1) is 0 Å². The summed E-state index contributed by atoms with van der Waals surface area (Å²) in [4.78, 5) is 4.29. The number of pyridine rings is 1. The van der Waals surface area contributed by atoms with Gasteiger partial charge in [-0.3, -0.25) is 10.8 Å². The third-order valence-corrected chi connectivity index (χ3v) is 3.30. The van der Waals surface area contributed by atoms with Gasteiger partial charge in [0.15, 0.2) is 0 Å². The first-order valence-electron chi connectivity index (χ1n) is 7.05. The average molecular weight is 285 g/mol. The molecule has 0 fully saturated rings. The fourth-order valence-electron chi connectivity index (χ4n) is 2.15. The number of aryl methyl sites for hydroxylation is 1. The van der Waals surface area contributed by atoms with Crippen molar-refractivity contribution < 1.29 is 4.74 Å². The van der Waals surface area contributed by atoms with E-state index in [1.165, 1.54) is 11.1 Å². The van der Waals surface area contributed by atoms with Gasteiger partial charge in [0.1, 0.15) is 12.4 Å². The SMILES string of the molecule is Cc1ccc(OCc2cc(NN)ccn2)c(C(C)(C)C)c1. The highest BCUT2D eigenvalue weighted by Gasteiger charge is 2.19. The summed E-state index contributed by atoms with van der Waals surface area (Å²) in [5.41, 5.74) is 6.75. The number of nitrogens with zero attached hydrogens (tertiary/aromatic N) is 1. The number of nitrogens with one attached hydrogen (secondary N) is 1. The molecule has 0 radical (unpaired) electrons. The Kier molecular flexibility index (Phi) is 4.48. The highest BCUT2D eigenvalue weighted by atomic mass is 16.5. The zero-order valence-electron chi connectivity index (χ0n) is 13.1. The first-order chi connectivity index (χ1) is 9.90. The summed E-state index contributed by atoms with van der Waals surface area (Å²) in [6.45, 7) is 9.07. The van der Waals surface area contributed by atoms with E-state index in [1.807, 2.05) is 18.2 Å². The molecule has 0 aliphatic heterocycles. The topological polar surface area (TPSA) is 60.2 Å². The van der Waals surface area contributed by atoms with Crippen molar-refractivity contribution in [1.29, 1.82) is 0 Å². The maximum atomic E-state index is 5.97. The van der Waals surface area contributed by atoms with Crippen molar-refractivity contribution >= 4 is 5.69 Å². The first-order valence-corrected chi connectivity index (χ1v) is 7.05. The van der Waals surface area contributed by atoms with Crippen molar-refractivity contribution in [1.82, 2.24) is 4.98 Å². The summed E-state index contributed by atoms with van der Waals surface area (Å²) in [6, 6.07) is 9.97. The molecule has 0 amide bonds. The fraction of sp³-hybridized carbons (Fsp3) is 0.353. The molecule has 4 heteroatoms. The molecule has 0 atom stereocenters. The van der Waals surface area contributed by atoms with E-state index in [0.29, 0.717) is 6.61 Å². The molecule has 112 valence electrons. The lowest BCUT2D eigenvalue weighted by Crippen LogP contribution is -2.14. The molecule has 1 aromatic carbocycles. The van der Waals surface area contributed by atoms with E-state index in [1.54, 1.807) is 6.20 Å². The predicted octanol–water partition coefficient (Wildman–Crippen LogP) is 3.55. The van der Waals surface area contributed by atoms with Gasteiger partial charge < -0.3 is 10.2 Å². The summed E-state index contributed by atoms with van der Waals surface area (Å²) in [5.74, 6) is 6.31. The largest absolute Gasteiger partial charge is 0.487 e. The normalized spacial score (nSPS) is 11.3. The van der Waals surface area contributed by atoms with E-state index in [2.05, 4.69) is 50.2 Å². The molecule has 0 aliphatic rings. The van der Waals surface area contributed by atoms with Gasteiger partial charge in [0.25, 0.3) is 0 Å². The van der Waals surface area contributed by atoms with E-state index < -0.39 is 0 Å². The maximum Gasteiger partial charge on any atom is 0.130 e. The van der Waals surface area contributed by atoms with Gasteiger partial charge in [0.2, 0.25) is 0 Å². The Morgan fingerprint density at radius 2 is 1.95 bits per heavy atom. The molecular formula is C17H23N3O. The summed E-state index contributed by atoms with van der Waals surface area (Å²) < 4.78 is 5.97. The molecule has 2 aromatic rings. The Morgan fingerprint density at radius 1 is 1.19 bits per heavy atom. The number of nitrogens with two attached hydrogens (primary N) is 1. The van der Waals surface area contributed by atoms with Crippen molar-refractivity contribution in [2.75, 3.05) is 5.43 Å². The van der Waals surface area contributed by atoms with Crippen molar-refractivity contribution in [3.8, 4) is 5.75 Å². The lowest BCUT2D eigenvalue weighted by molar-refractivity contribution is 0.293. The molecule has 2 rings (SSSR count). The van der Waals surface area contributed by atoms with Crippen molar-refractivity contribution in [3.63, 3.8) is 0 Å². The van der Waals surface area contributed by atoms with Crippen molar-refractivity contribution in [3.05, 3.63) is 53.3 Å². The van der Waals surface area contributed by atoms with Crippen LogP contribution in [0.25, 0.3) is 0 Å². The zero-order valence-corrected chi connectivity index (χ0v) is 13.1. The summed E-state index contributed by atoms with van der Waals surface area (Å²) >= 11 is 0. The van der Waals surface area contributed by atoms with Gasteiger partial charge in [-0.05, 0) is 36.1 Å². The monoisotopic (exact) mass is 285 g/mol. The fourth-order valence-corrected chi connectivity index (χ4v) is 2.15. The summed E-state index contributed by atoms with van der Waals surface area (Å²) in [6.07, 6.45) is 1.72. The molecule has 0 saturated carbocycles. The highest BCUT2D eigenvalue weighted by molar-refractivity contribution is 5.43. The van der Waals surface area contributed by atoms with E-state index in [9.17, 15) is 0 Å². The van der Waals surface area contributed by atoms with Gasteiger partial charge in [-0.25, -0.2) is 0 Å². The Bertz CT molecular complexity index is 618. The molecule has 4 nitrogen and oxygen atoms in total. The molecule has 0 spiro atoms. The van der Waals surface area contributed by atoms with Crippen LogP contribution in [0.1, 0.15) is 37.6 Å². The first kappa shape index (κ1) is 15.3. The van der Waals surface area contributed by atoms with E-state index in [0.717, 1.165) is 17.1 Å². The molecule has 1 aromatic heterocycles. The number of hydrogen-bond donors (Lipinski definition) is 2. The van der Waals surface area contributed by atoms with Crippen molar-refractivity contribution in [2.24, 2.45) is 5.84 Å². The van der Waals surface area contributed by atoms with E-state index in [-0.39, 0.29) is 5.41 Å². The Labute approximate surface area is 126 Å². The van der Waals surface area contributed by atoms with Gasteiger partial charge in [0.05, 0.1) is 11.4 Å². The smallest absolute Gasteiger partial charge is 0.130 e. The van der Waals surface area contributed by atoms with Crippen LogP contribution in [0.15, 0.2) is 36.5 Å². The van der Waals surface area contributed by atoms with Crippen LogP contribution in [0.2, 0.25) is 0 Å². The average Bonchev–Trinajstić information content (AvgIpc) is 2.45. The number of ether oxygens (including phenoxy) is 1. The van der Waals surface area contributed by atoms with Gasteiger partial charge in [0, 0.05) is 6.20 Å². The summed E-state index contributed by atoms with van der Waals surface area (Å²) in [5, 5.41) is 0. The van der Waals surface area contributed by atoms with E-state index >= 15 is 0 Å². The minimum absolute atomic E-state index is 0.0371. The third-order valence-electron chi connectivity index (χ3n) is 3.30. The third kappa shape index (κ3) is 3.95. The molecule has 0 bridgehead atoms. The van der Waals surface area contributed by atoms with Gasteiger partial charge in [-0.2, -0.15) is 0 Å². The Balaban J connectivity index is 2.20. The highest BCUT2D eigenvalue weighted by Crippen LogP contribution is 2.32. The van der Waals surface area contributed by atoms with Crippen LogP contribution in [0.5, 0.6) is 5.75 Å². The molecule has 0 saturated heterocycles. The minimum Gasteiger partial charge on any atom is -0.487 e.